The maximum atomic E-state index is 12.5. The molecule has 2 aromatic carbocycles. The molecule has 3 amide bonds. The largest absolute Gasteiger partial charge is 0.416 e. The summed E-state index contributed by atoms with van der Waals surface area (Å²) in [7, 11) is 0. The highest BCUT2D eigenvalue weighted by Crippen LogP contribution is 2.28. The first-order valence-corrected chi connectivity index (χ1v) is 8.78. The van der Waals surface area contributed by atoms with E-state index in [0.29, 0.717) is 0 Å². The van der Waals surface area contributed by atoms with E-state index in [-0.39, 0.29) is 37.5 Å². The van der Waals surface area contributed by atoms with Crippen molar-refractivity contribution in [2.24, 2.45) is 0 Å². The second-order valence-electron chi connectivity index (χ2n) is 6.12. The molecule has 0 atom stereocenters. The highest BCUT2D eigenvalue weighted by atomic mass is 19.4. The van der Waals surface area contributed by atoms with E-state index in [0.717, 1.165) is 29.8 Å². The van der Waals surface area contributed by atoms with Crippen molar-refractivity contribution in [1.29, 1.82) is 0 Å². The number of halogens is 3. The van der Waals surface area contributed by atoms with Gasteiger partial charge >= 0.3 is 6.18 Å². The van der Waals surface area contributed by atoms with Gasteiger partial charge in [0.1, 0.15) is 0 Å². The molecule has 0 aliphatic carbocycles. The predicted octanol–water partition coefficient (Wildman–Crippen LogP) is 1.91. The predicted molar refractivity (Wildman–Crippen MR) is 99.9 cm³/mol. The highest BCUT2D eigenvalue weighted by molar-refractivity contribution is 5.94. The number of rotatable bonds is 8. The maximum Gasteiger partial charge on any atom is 0.416 e. The summed E-state index contributed by atoms with van der Waals surface area (Å²) < 4.78 is 37.5. The number of nitrogens with one attached hydrogen (secondary N) is 3. The summed E-state index contributed by atoms with van der Waals surface area (Å²) in [5.74, 6) is -1.26. The third kappa shape index (κ3) is 7.65. The van der Waals surface area contributed by atoms with E-state index in [1.807, 2.05) is 18.2 Å². The van der Waals surface area contributed by atoms with Gasteiger partial charge in [-0.15, -0.1) is 0 Å². The van der Waals surface area contributed by atoms with Crippen molar-refractivity contribution < 1.29 is 27.6 Å². The molecule has 0 radical (unpaired) electrons. The smallest absolute Gasteiger partial charge is 0.353 e. The van der Waals surface area contributed by atoms with Gasteiger partial charge in [-0.25, -0.2) is 0 Å². The fourth-order valence-corrected chi connectivity index (χ4v) is 2.38. The van der Waals surface area contributed by atoms with E-state index in [4.69, 9.17) is 0 Å². The quantitative estimate of drug-likeness (QED) is 0.585. The summed E-state index contributed by atoms with van der Waals surface area (Å²) in [6.07, 6.45) is -4.30. The van der Waals surface area contributed by atoms with Gasteiger partial charge in [0.05, 0.1) is 18.5 Å². The van der Waals surface area contributed by atoms with E-state index in [2.05, 4.69) is 16.0 Å². The number of carbonyl (C=O) groups is 3. The SMILES string of the molecule is O=C(CNC(=O)Cc1ccccc1)NCCNC(=O)c1ccc(C(F)(F)F)cc1. The second-order valence-corrected chi connectivity index (χ2v) is 6.12. The molecule has 3 N–H and O–H groups in total. The van der Waals surface area contributed by atoms with Crippen molar-refractivity contribution in [2.75, 3.05) is 19.6 Å². The van der Waals surface area contributed by atoms with Crippen LogP contribution in [0.1, 0.15) is 21.5 Å². The molecule has 0 fully saturated rings. The normalized spacial score (nSPS) is 10.9. The number of amides is 3. The first kappa shape index (κ1) is 21.9. The van der Waals surface area contributed by atoms with Gasteiger partial charge in [-0.2, -0.15) is 13.2 Å². The van der Waals surface area contributed by atoms with Crippen molar-refractivity contribution in [1.82, 2.24) is 16.0 Å². The average molecular weight is 407 g/mol. The number of hydrogen-bond donors (Lipinski definition) is 3. The molecule has 0 heterocycles. The molecule has 0 aromatic heterocycles. The van der Waals surface area contributed by atoms with Crippen LogP contribution in [0.3, 0.4) is 0 Å². The van der Waals surface area contributed by atoms with Crippen molar-refractivity contribution >= 4 is 17.7 Å². The Morgan fingerprint density at radius 1 is 0.759 bits per heavy atom. The number of alkyl halides is 3. The molecule has 0 unspecified atom stereocenters. The van der Waals surface area contributed by atoms with E-state index < -0.39 is 23.6 Å². The van der Waals surface area contributed by atoms with Gasteiger partial charge in [0.25, 0.3) is 5.91 Å². The van der Waals surface area contributed by atoms with Crippen LogP contribution in [-0.4, -0.2) is 37.4 Å². The number of carbonyl (C=O) groups excluding carboxylic acids is 3. The minimum absolute atomic E-state index is 0.0810. The summed E-state index contributed by atoms with van der Waals surface area (Å²) in [6.45, 7) is 0.00182. The van der Waals surface area contributed by atoms with Crippen LogP contribution in [0.15, 0.2) is 54.6 Å². The Hall–Kier alpha value is -3.36. The van der Waals surface area contributed by atoms with E-state index in [9.17, 15) is 27.6 Å². The molecule has 2 aromatic rings. The second kappa shape index (κ2) is 10.3. The first-order valence-electron chi connectivity index (χ1n) is 8.78. The lowest BCUT2D eigenvalue weighted by Gasteiger charge is -2.09. The monoisotopic (exact) mass is 407 g/mol. The zero-order valence-corrected chi connectivity index (χ0v) is 15.4. The molecule has 0 saturated heterocycles. The summed E-state index contributed by atoms with van der Waals surface area (Å²) in [4.78, 5) is 35.3. The number of hydrogen-bond acceptors (Lipinski definition) is 3. The molecule has 0 bridgehead atoms. The van der Waals surface area contributed by atoms with Crippen molar-refractivity contribution in [3.63, 3.8) is 0 Å². The number of benzene rings is 2. The van der Waals surface area contributed by atoms with Crippen LogP contribution in [0.4, 0.5) is 13.2 Å². The summed E-state index contributed by atoms with van der Waals surface area (Å²) in [5, 5.41) is 7.50. The van der Waals surface area contributed by atoms with Crippen LogP contribution in [0.2, 0.25) is 0 Å². The zero-order chi connectivity index (χ0) is 21.3. The van der Waals surface area contributed by atoms with Gasteiger partial charge in [0.2, 0.25) is 11.8 Å². The topological polar surface area (TPSA) is 87.3 Å². The van der Waals surface area contributed by atoms with Gasteiger partial charge in [-0.05, 0) is 29.8 Å². The molecule has 0 aliphatic heterocycles. The van der Waals surface area contributed by atoms with Crippen molar-refractivity contribution in [3.05, 3.63) is 71.3 Å². The average Bonchev–Trinajstić information content (AvgIpc) is 2.69. The van der Waals surface area contributed by atoms with Gasteiger partial charge in [-0.1, -0.05) is 30.3 Å². The third-order valence-corrected chi connectivity index (χ3v) is 3.86. The van der Waals surface area contributed by atoms with Crippen LogP contribution in [-0.2, 0) is 22.2 Å². The third-order valence-electron chi connectivity index (χ3n) is 3.86. The molecule has 154 valence electrons. The van der Waals surface area contributed by atoms with E-state index in [1.165, 1.54) is 0 Å². The molecule has 29 heavy (non-hydrogen) atoms. The van der Waals surface area contributed by atoms with Crippen LogP contribution in [0, 0.1) is 0 Å². The van der Waals surface area contributed by atoms with Gasteiger partial charge in [0, 0.05) is 18.7 Å². The lowest BCUT2D eigenvalue weighted by molar-refractivity contribution is -0.137. The molecule has 0 aliphatic rings. The van der Waals surface area contributed by atoms with Gasteiger partial charge in [-0.3, -0.25) is 14.4 Å². The Morgan fingerprint density at radius 3 is 2.00 bits per heavy atom. The van der Waals surface area contributed by atoms with Crippen LogP contribution < -0.4 is 16.0 Å². The summed E-state index contributed by atoms with van der Waals surface area (Å²) in [6, 6.07) is 12.9. The minimum Gasteiger partial charge on any atom is -0.353 e. The fraction of sp³-hybridized carbons (Fsp3) is 0.250. The fourth-order valence-electron chi connectivity index (χ4n) is 2.38. The molecular weight excluding hydrogens is 387 g/mol. The molecule has 9 heteroatoms. The Morgan fingerprint density at radius 2 is 1.38 bits per heavy atom. The standard InChI is InChI=1S/C20H20F3N3O3/c21-20(22,23)16-8-6-15(7-9-16)19(29)25-11-10-24-18(28)13-26-17(27)12-14-4-2-1-3-5-14/h1-9H,10-13H2,(H,24,28)(H,25,29)(H,26,27). The van der Waals surface area contributed by atoms with Crippen molar-refractivity contribution in [2.45, 2.75) is 12.6 Å². The van der Waals surface area contributed by atoms with Crippen LogP contribution >= 0.6 is 0 Å². The first-order chi connectivity index (χ1) is 13.8. The summed E-state index contributed by atoms with van der Waals surface area (Å²) in [5.41, 5.74) is 0.0736. The van der Waals surface area contributed by atoms with Crippen LogP contribution in [0.25, 0.3) is 0 Å². The van der Waals surface area contributed by atoms with Gasteiger partial charge < -0.3 is 16.0 Å². The molecule has 0 saturated carbocycles. The maximum absolute atomic E-state index is 12.5. The van der Waals surface area contributed by atoms with E-state index in [1.54, 1.807) is 12.1 Å². The van der Waals surface area contributed by atoms with Gasteiger partial charge in [0.15, 0.2) is 0 Å². The van der Waals surface area contributed by atoms with Crippen molar-refractivity contribution in [3.8, 4) is 0 Å². The Labute approximate surface area is 165 Å². The Kier molecular flexibility index (Phi) is 7.76. The molecule has 6 nitrogen and oxygen atoms in total. The Bertz CT molecular complexity index is 838. The Balaban J connectivity index is 1.63. The highest BCUT2D eigenvalue weighted by Gasteiger charge is 2.30. The zero-order valence-electron chi connectivity index (χ0n) is 15.4. The lowest BCUT2D eigenvalue weighted by atomic mass is 10.1. The van der Waals surface area contributed by atoms with Crippen LogP contribution in [0.5, 0.6) is 0 Å². The molecule has 2 rings (SSSR count). The minimum atomic E-state index is -4.46. The summed E-state index contributed by atoms with van der Waals surface area (Å²) >= 11 is 0. The van der Waals surface area contributed by atoms with E-state index >= 15 is 0 Å². The molecular formula is C20H20F3N3O3. The lowest BCUT2D eigenvalue weighted by Crippen LogP contribution is -2.40. The molecule has 0 spiro atoms.